The third-order valence-electron chi connectivity index (χ3n) is 4.82. The van der Waals surface area contributed by atoms with Gasteiger partial charge in [-0.05, 0) is 30.5 Å². The van der Waals surface area contributed by atoms with Crippen LogP contribution < -0.4 is 5.32 Å². The Morgan fingerprint density at radius 2 is 2.04 bits per heavy atom. The molecule has 7 heteroatoms. The van der Waals surface area contributed by atoms with Crippen LogP contribution in [0, 0.1) is 0 Å². The first-order chi connectivity index (χ1) is 11.6. The van der Waals surface area contributed by atoms with Crippen molar-refractivity contribution < 1.29 is 4.52 Å². The molecule has 1 aliphatic carbocycles. The maximum absolute atomic E-state index is 4.90. The Morgan fingerprint density at radius 3 is 2.56 bits per heavy atom. The molecular formula is C18H24BrIN4O. The second kappa shape index (κ2) is 9.02. The minimum atomic E-state index is 0. The summed E-state index contributed by atoms with van der Waals surface area (Å²) in [6.07, 6.45) is 5.30. The summed E-state index contributed by atoms with van der Waals surface area (Å²) in [6.45, 7) is 1.56. The van der Waals surface area contributed by atoms with Crippen LogP contribution >= 0.6 is 39.9 Å². The van der Waals surface area contributed by atoms with Gasteiger partial charge in [0.05, 0.1) is 6.54 Å². The largest absolute Gasteiger partial charge is 0.364 e. The van der Waals surface area contributed by atoms with Crippen LogP contribution in [0.3, 0.4) is 0 Å². The van der Waals surface area contributed by atoms with E-state index in [0.717, 1.165) is 22.7 Å². The van der Waals surface area contributed by atoms with Crippen molar-refractivity contribution in [3.05, 3.63) is 52.3 Å². The lowest BCUT2D eigenvalue weighted by Crippen LogP contribution is -2.49. The van der Waals surface area contributed by atoms with E-state index < -0.39 is 0 Å². The van der Waals surface area contributed by atoms with Gasteiger partial charge in [0.2, 0.25) is 0 Å². The molecule has 1 saturated carbocycles. The van der Waals surface area contributed by atoms with Crippen molar-refractivity contribution in [1.29, 1.82) is 0 Å². The lowest BCUT2D eigenvalue weighted by molar-refractivity contribution is 0.241. The monoisotopic (exact) mass is 518 g/mol. The molecule has 1 fully saturated rings. The lowest BCUT2D eigenvalue weighted by Gasteiger charge is -2.43. The highest BCUT2D eigenvalue weighted by atomic mass is 127. The van der Waals surface area contributed by atoms with Crippen LogP contribution in [0.15, 0.2) is 50.6 Å². The molecule has 0 bridgehead atoms. The van der Waals surface area contributed by atoms with Gasteiger partial charge in [-0.3, -0.25) is 4.99 Å². The fraction of sp³-hybridized carbons (Fsp3) is 0.444. The molecule has 0 atom stereocenters. The van der Waals surface area contributed by atoms with Gasteiger partial charge < -0.3 is 14.7 Å². The number of halogens is 2. The Bertz CT molecular complexity index is 684. The normalized spacial score (nSPS) is 15.9. The first kappa shape index (κ1) is 20.2. The summed E-state index contributed by atoms with van der Waals surface area (Å²) >= 11 is 3.52. The smallest absolute Gasteiger partial charge is 0.193 e. The molecule has 0 amide bonds. The molecule has 1 N–H and O–H groups in total. The van der Waals surface area contributed by atoms with E-state index in [1.54, 1.807) is 6.26 Å². The van der Waals surface area contributed by atoms with Gasteiger partial charge >= 0.3 is 0 Å². The number of hydrogen-bond acceptors (Lipinski definition) is 3. The van der Waals surface area contributed by atoms with E-state index in [1.807, 2.05) is 20.2 Å². The van der Waals surface area contributed by atoms with Crippen LogP contribution in [0.5, 0.6) is 0 Å². The number of aliphatic imine (C=N–C) groups is 1. The molecule has 1 aromatic heterocycles. The van der Waals surface area contributed by atoms with Gasteiger partial charge in [0, 0.05) is 36.6 Å². The summed E-state index contributed by atoms with van der Waals surface area (Å²) in [5.74, 6) is 0.876. The Kier molecular flexibility index (Phi) is 7.30. The van der Waals surface area contributed by atoms with E-state index >= 15 is 0 Å². The molecule has 136 valence electrons. The summed E-state index contributed by atoms with van der Waals surface area (Å²) < 4.78 is 6.02. The van der Waals surface area contributed by atoms with Crippen molar-refractivity contribution in [2.24, 2.45) is 4.99 Å². The molecule has 0 unspecified atom stereocenters. The molecule has 1 heterocycles. The van der Waals surface area contributed by atoms with Gasteiger partial charge in [0.1, 0.15) is 12.0 Å². The van der Waals surface area contributed by atoms with E-state index in [-0.39, 0.29) is 29.4 Å². The number of benzene rings is 1. The van der Waals surface area contributed by atoms with E-state index in [9.17, 15) is 0 Å². The highest BCUT2D eigenvalue weighted by Gasteiger charge is 2.38. The minimum Gasteiger partial charge on any atom is -0.364 e. The summed E-state index contributed by atoms with van der Waals surface area (Å²) in [7, 11) is 3.83. The Labute approximate surface area is 174 Å². The first-order valence-corrected chi connectivity index (χ1v) is 8.99. The van der Waals surface area contributed by atoms with Crippen LogP contribution in [0.4, 0.5) is 0 Å². The Morgan fingerprint density at radius 1 is 1.32 bits per heavy atom. The van der Waals surface area contributed by atoms with E-state index in [4.69, 9.17) is 4.52 Å². The second-order valence-corrected chi connectivity index (χ2v) is 7.30. The fourth-order valence-corrected chi connectivity index (χ4v) is 3.51. The van der Waals surface area contributed by atoms with Gasteiger partial charge in [-0.15, -0.1) is 24.0 Å². The molecule has 0 radical (unpaired) electrons. The summed E-state index contributed by atoms with van der Waals surface area (Å²) in [5, 5.41) is 7.50. The van der Waals surface area contributed by atoms with E-state index in [1.165, 1.54) is 24.8 Å². The molecule has 2 aromatic rings. The SMILES string of the molecule is CN=C(NCC1(c2ccc(Br)cc2)CCC1)N(C)Cc1ccon1.I. The Balaban J connectivity index is 0.00000225. The standard InChI is InChI=1S/C18H23BrN4O.HI/c1-20-17(23(2)12-16-8-11-24-22-16)21-13-18(9-3-10-18)14-4-6-15(19)7-5-14;/h4-8,11H,3,9-10,12-13H2,1-2H3,(H,20,21);1H. The zero-order valence-corrected chi connectivity index (χ0v) is 18.5. The van der Waals surface area contributed by atoms with Crippen LogP contribution in [0.2, 0.25) is 0 Å². The molecule has 1 aromatic carbocycles. The highest BCUT2D eigenvalue weighted by Crippen LogP contribution is 2.43. The third-order valence-corrected chi connectivity index (χ3v) is 5.34. The summed E-state index contributed by atoms with van der Waals surface area (Å²) in [5.41, 5.74) is 2.51. The number of hydrogen-bond donors (Lipinski definition) is 1. The minimum absolute atomic E-state index is 0. The van der Waals surface area contributed by atoms with Gasteiger partial charge in [0.25, 0.3) is 0 Å². The van der Waals surface area contributed by atoms with Gasteiger partial charge in [-0.2, -0.15) is 0 Å². The average Bonchev–Trinajstić information content (AvgIpc) is 3.04. The Hall–Kier alpha value is -1.09. The summed E-state index contributed by atoms with van der Waals surface area (Å²) in [6, 6.07) is 10.6. The van der Waals surface area contributed by atoms with Crippen molar-refractivity contribution >= 4 is 45.9 Å². The molecule has 5 nitrogen and oxygen atoms in total. The van der Waals surface area contributed by atoms with Crippen LogP contribution in [-0.4, -0.2) is 36.7 Å². The van der Waals surface area contributed by atoms with E-state index in [2.05, 4.69) is 60.6 Å². The quantitative estimate of drug-likeness (QED) is 0.366. The number of guanidine groups is 1. The number of nitrogens with zero attached hydrogens (tertiary/aromatic N) is 3. The van der Waals surface area contributed by atoms with Crippen molar-refractivity contribution in [2.75, 3.05) is 20.6 Å². The first-order valence-electron chi connectivity index (χ1n) is 8.20. The topological polar surface area (TPSA) is 53.7 Å². The number of rotatable bonds is 5. The molecule has 1 aliphatic rings. The lowest BCUT2D eigenvalue weighted by atomic mass is 9.64. The third kappa shape index (κ3) is 4.75. The van der Waals surface area contributed by atoms with Crippen LogP contribution in [0.1, 0.15) is 30.5 Å². The predicted octanol–water partition coefficient (Wildman–Crippen LogP) is 4.18. The van der Waals surface area contributed by atoms with Gasteiger partial charge in [0.15, 0.2) is 5.96 Å². The predicted molar refractivity (Wildman–Crippen MR) is 114 cm³/mol. The highest BCUT2D eigenvalue weighted by molar-refractivity contribution is 14.0. The molecule has 0 aliphatic heterocycles. The maximum Gasteiger partial charge on any atom is 0.193 e. The van der Waals surface area contributed by atoms with Crippen LogP contribution in [0.25, 0.3) is 0 Å². The number of nitrogens with one attached hydrogen (secondary N) is 1. The van der Waals surface area contributed by atoms with E-state index in [0.29, 0.717) is 6.54 Å². The molecule has 3 rings (SSSR count). The van der Waals surface area contributed by atoms with Crippen LogP contribution in [-0.2, 0) is 12.0 Å². The molecule has 25 heavy (non-hydrogen) atoms. The molecule has 0 spiro atoms. The zero-order chi connectivity index (χ0) is 17.0. The van der Waals surface area contributed by atoms with Crippen molar-refractivity contribution in [1.82, 2.24) is 15.4 Å². The second-order valence-electron chi connectivity index (χ2n) is 6.39. The summed E-state index contributed by atoms with van der Waals surface area (Å²) in [4.78, 5) is 6.46. The van der Waals surface area contributed by atoms with Crippen molar-refractivity contribution in [3.63, 3.8) is 0 Å². The number of aromatic nitrogens is 1. The van der Waals surface area contributed by atoms with Gasteiger partial charge in [-0.25, -0.2) is 0 Å². The van der Waals surface area contributed by atoms with Crippen molar-refractivity contribution in [2.45, 2.75) is 31.2 Å². The molecular weight excluding hydrogens is 495 g/mol. The fourth-order valence-electron chi connectivity index (χ4n) is 3.24. The molecule has 0 saturated heterocycles. The average molecular weight is 519 g/mol. The van der Waals surface area contributed by atoms with Crippen molar-refractivity contribution in [3.8, 4) is 0 Å². The van der Waals surface area contributed by atoms with Gasteiger partial charge in [-0.1, -0.05) is 39.6 Å². The maximum atomic E-state index is 4.90. The zero-order valence-electron chi connectivity index (χ0n) is 14.5.